The molecule has 0 aliphatic rings. The summed E-state index contributed by atoms with van der Waals surface area (Å²) in [4.78, 5) is 13.0. The molecule has 0 heterocycles. The molecule has 0 aliphatic carbocycles. The number of nitrogens with zero attached hydrogens (tertiary/aromatic N) is 1. The van der Waals surface area contributed by atoms with Gasteiger partial charge in [0.15, 0.2) is 0 Å². The molecule has 1 N–H and O–H groups in total. The fourth-order valence-corrected chi connectivity index (χ4v) is 4.57. The van der Waals surface area contributed by atoms with Crippen molar-refractivity contribution in [3.63, 3.8) is 0 Å². The SMILES string of the molecule is Cc1cccc(N(CC(=O)Nc2c(C)cccc2C)S(=O)(=O)c2ccccc2)c1. The summed E-state index contributed by atoms with van der Waals surface area (Å²) < 4.78 is 27.8. The van der Waals surface area contributed by atoms with E-state index in [4.69, 9.17) is 0 Å². The number of rotatable bonds is 6. The van der Waals surface area contributed by atoms with E-state index in [0.717, 1.165) is 21.0 Å². The highest BCUT2D eigenvalue weighted by molar-refractivity contribution is 7.92. The summed E-state index contributed by atoms with van der Waals surface area (Å²) in [7, 11) is -3.91. The van der Waals surface area contributed by atoms with Crippen LogP contribution in [0.3, 0.4) is 0 Å². The Balaban J connectivity index is 1.97. The van der Waals surface area contributed by atoms with E-state index in [2.05, 4.69) is 5.32 Å². The Morgan fingerprint density at radius 3 is 2.10 bits per heavy atom. The molecule has 29 heavy (non-hydrogen) atoms. The molecule has 0 unspecified atom stereocenters. The van der Waals surface area contributed by atoms with E-state index in [0.29, 0.717) is 11.4 Å². The number of amides is 1. The molecule has 5 nitrogen and oxygen atoms in total. The highest BCUT2D eigenvalue weighted by atomic mass is 32.2. The van der Waals surface area contributed by atoms with Gasteiger partial charge in [0, 0.05) is 5.69 Å². The molecule has 0 aromatic heterocycles. The largest absolute Gasteiger partial charge is 0.324 e. The normalized spacial score (nSPS) is 11.1. The number of para-hydroxylation sites is 1. The van der Waals surface area contributed by atoms with Gasteiger partial charge >= 0.3 is 0 Å². The van der Waals surface area contributed by atoms with E-state index in [1.807, 2.05) is 45.0 Å². The predicted octanol–water partition coefficient (Wildman–Crippen LogP) is 4.45. The van der Waals surface area contributed by atoms with E-state index in [-0.39, 0.29) is 11.4 Å². The lowest BCUT2D eigenvalue weighted by Crippen LogP contribution is -2.38. The van der Waals surface area contributed by atoms with Crippen LogP contribution in [0.2, 0.25) is 0 Å². The number of hydrogen-bond acceptors (Lipinski definition) is 3. The molecule has 0 radical (unpaired) electrons. The number of hydrogen-bond donors (Lipinski definition) is 1. The molecule has 3 aromatic carbocycles. The number of aryl methyl sites for hydroxylation is 3. The first-order valence-corrected chi connectivity index (χ1v) is 10.7. The Morgan fingerprint density at radius 2 is 1.48 bits per heavy atom. The van der Waals surface area contributed by atoms with Gasteiger partial charge in [0.1, 0.15) is 6.54 Å². The Bertz CT molecular complexity index is 1110. The Hall–Kier alpha value is -3.12. The van der Waals surface area contributed by atoms with Crippen LogP contribution in [-0.2, 0) is 14.8 Å². The number of benzene rings is 3. The van der Waals surface area contributed by atoms with Gasteiger partial charge in [-0.3, -0.25) is 9.10 Å². The van der Waals surface area contributed by atoms with Crippen LogP contribution in [0.4, 0.5) is 11.4 Å². The molecule has 0 saturated heterocycles. The minimum Gasteiger partial charge on any atom is -0.324 e. The van der Waals surface area contributed by atoms with Gasteiger partial charge in [-0.1, -0.05) is 48.5 Å². The fraction of sp³-hybridized carbons (Fsp3) is 0.174. The number of carbonyl (C=O) groups excluding carboxylic acids is 1. The molecule has 0 bridgehead atoms. The summed E-state index contributed by atoms with van der Waals surface area (Å²) >= 11 is 0. The number of sulfonamides is 1. The number of anilines is 2. The zero-order valence-corrected chi connectivity index (χ0v) is 17.5. The molecule has 3 rings (SSSR count). The van der Waals surface area contributed by atoms with Crippen LogP contribution in [0.5, 0.6) is 0 Å². The molecule has 0 saturated carbocycles. The zero-order chi connectivity index (χ0) is 21.0. The second-order valence-electron chi connectivity index (χ2n) is 6.98. The highest BCUT2D eigenvalue weighted by Gasteiger charge is 2.27. The highest BCUT2D eigenvalue weighted by Crippen LogP contribution is 2.25. The first kappa shape index (κ1) is 20.6. The first-order valence-electron chi connectivity index (χ1n) is 9.29. The topological polar surface area (TPSA) is 66.5 Å². The van der Waals surface area contributed by atoms with Gasteiger partial charge in [0.05, 0.1) is 10.6 Å². The molecule has 150 valence electrons. The van der Waals surface area contributed by atoms with Crippen molar-refractivity contribution in [2.75, 3.05) is 16.2 Å². The average molecular weight is 409 g/mol. The Kier molecular flexibility index (Phi) is 6.03. The van der Waals surface area contributed by atoms with Crippen LogP contribution in [0.25, 0.3) is 0 Å². The molecule has 1 amide bonds. The molecule has 0 fully saturated rings. The first-order chi connectivity index (χ1) is 13.8. The molecule has 6 heteroatoms. The van der Waals surface area contributed by atoms with Gasteiger partial charge in [-0.2, -0.15) is 0 Å². The minimum atomic E-state index is -3.91. The molecule has 3 aromatic rings. The maximum Gasteiger partial charge on any atom is 0.264 e. The van der Waals surface area contributed by atoms with E-state index in [1.54, 1.807) is 36.4 Å². The maximum absolute atomic E-state index is 13.3. The third kappa shape index (κ3) is 4.66. The fourth-order valence-electron chi connectivity index (χ4n) is 3.14. The van der Waals surface area contributed by atoms with E-state index >= 15 is 0 Å². The summed E-state index contributed by atoms with van der Waals surface area (Å²) in [6, 6.07) is 21.0. The molecular weight excluding hydrogens is 384 g/mol. The van der Waals surface area contributed by atoms with Crippen LogP contribution in [-0.4, -0.2) is 20.9 Å². The molecule has 0 spiro atoms. The summed E-state index contributed by atoms with van der Waals surface area (Å²) in [5.74, 6) is -0.400. The molecule has 0 atom stereocenters. The second kappa shape index (κ2) is 8.49. The molecule has 0 aliphatic heterocycles. The Morgan fingerprint density at radius 1 is 0.862 bits per heavy atom. The average Bonchev–Trinajstić information content (AvgIpc) is 2.69. The van der Waals surface area contributed by atoms with Crippen LogP contribution in [0.15, 0.2) is 77.7 Å². The number of nitrogens with one attached hydrogen (secondary N) is 1. The lowest BCUT2D eigenvalue weighted by Gasteiger charge is -2.25. The number of carbonyl (C=O) groups is 1. The third-order valence-electron chi connectivity index (χ3n) is 4.65. The monoisotopic (exact) mass is 408 g/mol. The maximum atomic E-state index is 13.3. The van der Waals surface area contributed by atoms with Crippen molar-refractivity contribution in [2.24, 2.45) is 0 Å². The van der Waals surface area contributed by atoms with Crippen LogP contribution in [0.1, 0.15) is 16.7 Å². The Labute approximate surface area is 172 Å². The standard InChI is InChI=1S/C23H24N2O3S/c1-17-9-7-12-20(15-17)25(29(27,28)21-13-5-4-6-14-21)16-22(26)24-23-18(2)10-8-11-19(23)3/h4-15H,16H2,1-3H3,(H,24,26). The summed E-state index contributed by atoms with van der Waals surface area (Å²) in [6.07, 6.45) is 0. The van der Waals surface area contributed by atoms with Gasteiger partial charge in [-0.15, -0.1) is 0 Å². The summed E-state index contributed by atoms with van der Waals surface area (Å²) in [5.41, 5.74) is 3.91. The van der Waals surface area contributed by atoms with Crippen molar-refractivity contribution in [1.82, 2.24) is 0 Å². The van der Waals surface area contributed by atoms with Crippen molar-refractivity contribution < 1.29 is 13.2 Å². The van der Waals surface area contributed by atoms with Crippen molar-refractivity contribution in [2.45, 2.75) is 25.7 Å². The van der Waals surface area contributed by atoms with Gasteiger partial charge in [-0.05, 0) is 61.7 Å². The summed E-state index contributed by atoms with van der Waals surface area (Å²) in [5, 5.41) is 2.87. The predicted molar refractivity (Wildman–Crippen MR) is 117 cm³/mol. The van der Waals surface area contributed by atoms with E-state index in [1.165, 1.54) is 12.1 Å². The summed E-state index contributed by atoms with van der Waals surface area (Å²) in [6.45, 7) is 5.37. The lowest BCUT2D eigenvalue weighted by molar-refractivity contribution is -0.114. The van der Waals surface area contributed by atoms with Crippen LogP contribution in [0, 0.1) is 20.8 Å². The van der Waals surface area contributed by atoms with Crippen LogP contribution >= 0.6 is 0 Å². The van der Waals surface area contributed by atoms with E-state index < -0.39 is 15.9 Å². The quantitative estimate of drug-likeness (QED) is 0.655. The second-order valence-corrected chi connectivity index (χ2v) is 8.84. The van der Waals surface area contributed by atoms with Crippen molar-refractivity contribution in [3.05, 3.63) is 89.5 Å². The van der Waals surface area contributed by atoms with Crippen LogP contribution < -0.4 is 9.62 Å². The lowest BCUT2D eigenvalue weighted by atomic mass is 10.1. The smallest absolute Gasteiger partial charge is 0.264 e. The van der Waals surface area contributed by atoms with Gasteiger partial charge in [0.2, 0.25) is 5.91 Å². The third-order valence-corrected chi connectivity index (χ3v) is 6.44. The van der Waals surface area contributed by atoms with Crippen molar-refractivity contribution >= 4 is 27.3 Å². The van der Waals surface area contributed by atoms with Crippen molar-refractivity contribution in [3.8, 4) is 0 Å². The zero-order valence-electron chi connectivity index (χ0n) is 16.7. The van der Waals surface area contributed by atoms with Gasteiger partial charge in [-0.25, -0.2) is 8.42 Å². The minimum absolute atomic E-state index is 0.140. The van der Waals surface area contributed by atoms with E-state index in [9.17, 15) is 13.2 Å². The van der Waals surface area contributed by atoms with Crippen molar-refractivity contribution in [1.29, 1.82) is 0 Å². The molecular formula is C23H24N2O3S. The van der Waals surface area contributed by atoms with Gasteiger partial charge in [0.25, 0.3) is 10.0 Å². The van der Waals surface area contributed by atoms with Gasteiger partial charge < -0.3 is 5.32 Å².